The summed E-state index contributed by atoms with van der Waals surface area (Å²) >= 11 is 5.85. The number of nitrogens with zero attached hydrogens (tertiary/aromatic N) is 2. The van der Waals surface area contributed by atoms with E-state index in [9.17, 15) is 8.42 Å². The number of benzene rings is 1. The average Bonchev–Trinajstić information content (AvgIpc) is 3.16. The highest BCUT2D eigenvalue weighted by atomic mass is 35.5. The highest BCUT2D eigenvalue weighted by Crippen LogP contribution is 2.36. The largest absolute Gasteiger partial charge is 0.361 e. The summed E-state index contributed by atoms with van der Waals surface area (Å²) < 4.78 is 32.6. The van der Waals surface area contributed by atoms with Gasteiger partial charge in [0.05, 0.1) is 10.9 Å². The average molecular weight is 355 g/mol. The number of hydrogen-bond acceptors (Lipinski definition) is 4. The summed E-state index contributed by atoms with van der Waals surface area (Å²) in [6, 6.07) is 7.88. The first-order valence-electron chi connectivity index (χ1n) is 7.75. The van der Waals surface area contributed by atoms with E-state index >= 15 is 0 Å². The molecule has 1 aromatic heterocycles. The highest BCUT2D eigenvalue weighted by molar-refractivity contribution is 7.89. The Hall–Kier alpha value is -1.37. The minimum absolute atomic E-state index is 0.256. The normalized spacial score (nSPS) is 19.3. The van der Waals surface area contributed by atoms with Crippen LogP contribution in [0.1, 0.15) is 43.7 Å². The van der Waals surface area contributed by atoms with Crippen LogP contribution in [0.5, 0.6) is 0 Å². The lowest BCUT2D eigenvalue weighted by Crippen LogP contribution is -2.30. The van der Waals surface area contributed by atoms with Crippen LogP contribution in [0.4, 0.5) is 0 Å². The zero-order valence-corrected chi connectivity index (χ0v) is 14.5. The molecule has 0 N–H and O–H groups in total. The van der Waals surface area contributed by atoms with Crippen molar-refractivity contribution in [3.8, 4) is 0 Å². The Balaban J connectivity index is 1.89. The summed E-state index contributed by atoms with van der Waals surface area (Å²) in [4.78, 5) is 0.256. The topological polar surface area (TPSA) is 63.4 Å². The van der Waals surface area contributed by atoms with Crippen LogP contribution in [-0.2, 0) is 16.4 Å². The minimum Gasteiger partial charge on any atom is -0.361 e. The number of aromatic nitrogens is 1. The van der Waals surface area contributed by atoms with Gasteiger partial charge in [-0.3, -0.25) is 0 Å². The first-order valence-corrected chi connectivity index (χ1v) is 9.57. The molecule has 1 unspecified atom stereocenters. The van der Waals surface area contributed by atoms with Crippen LogP contribution >= 0.6 is 11.6 Å². The molecule has 2 heterocycles. The van der Waals surface area contributed by atoms with E-state index in [2.05, 4.69) is 12.1 Å². The lowest BCUT2D eigenvalue weighted by Gasteiger charge is -2.22. The van der Waals surface area contributed by atoms with Gasteiger partial charge in [0.15, 0.2) is 0 Å². The first-order chi connectivity index (χ1) is 11.0. The first kappa shape index (κ1) is 16.5. The molecule has 7 heteroatoms. The maximum Gasteiger partial charge on any atom is 0.243 e. The second-order valence-corrected chi connectivity index (χ2v) is 8.02. The van der Waals surface area contributed by atoms with Gasteiger partial charge in [-0.15, -0.1) is 0 Å². The smallest absolute Gasteiger partial charge is 0.243 e. The second-order valence-electron chi connectivity index (χ2n) is 5.70. The van der Waals surface area contributed by atoms with Crippen LogP contribution in [0.2, 0.25) is 5.02 Å². The maximum atomic E-state index is 12.9. The number of halogens is 1. The Kier molecular flexibility index (Phi) is 4.75. The number of hydrogen-bond donors (Lipinski definition) is 0. The van der Waals surface area contributed by atoms with Gasteiger partial charge in [0.2, 0.25) is 10.0 Å². The van der Waals surface area contributed by atoms with Gasteiger partial charge in [-0.05, 0) is 43.5 Å². The number of aryl methyl sites for hydroxylation is 1. The van der Waals surface area contributed by atoms with Crippen molar-refractivity contribution < 1.29 is 12.9 Å². The predicted octanol–water partition coefficient (Wildman–Crippen LogP) is 3.81. The van der Waals surface area contributed by atoms with Gasteiger partial charge >= 0.3 is 0 Å². The van der Waals surface area contributed by atoms with E-state index in [0.29, 0.717) is 17.3 Å². The molecule has 3 rings (SSSR count). The molecular weight excluding hydrogens is 336 g/mol. The van der Waals surface area contributed by atoms with E-state index in [1.807, 2.05) is 6.07 Å². The molecule has 0 amide bonds. The molecule has 0 aliphatic carbocycles. The van der Waals surface area contributed by atoms with E-state index in [0.717, 1.165) is 31.4 Å². The summed E-state index contributed by atoms with van der Waals surface area (Å²) in [5, 5.41) is 4.60. The van der Waals surface area contributed by atoms with E-state index in [1.54, 1.807) is 24.3 Å². The Morgan fingerprint density at radius 2 is 2.09 bits per heavy atom. The Labute approximate surface area is 141 Å². The van der Waals surface area contributed by atoms with Crippen LogP contribution in [0.25, 0.3) is 0 Å². The summed E-state index contributed by atoms with van der Waals surface area (Å²) in [6.07, 6.45) is 3.34. The van der Waals surface area contributed by atoms with Crippen molar-refractivity contribution in [2.45, 2.75) is 43.5 Å². The van der Waals surface area contributed by atoms with Crippen LogP contribution in [-0.4, -0.2) is 24.4 Å². The third-order valence-corrected chi connectivity index (χ3v) is 6.21. The van der Waals surface area contributed by atoms with Gasteiger partial charge in [0.25, 0.3) is 0 Å². The molecule has 5 nitrogen and oxygen atoms in total. The number of sulfonamides is 1. The van der Waals surface area contributed by atoms with Gasteiger partial charge < -0.3 is 4.52 Å². The van der Waals surface area contributed by atoms with Crippen LogP contribution in [0, 0.1) is 0 Å². The van der Waals surface area contributed by atoms with Crippen LogP contribution < -0.4 is 0 Å². The number of rotatable bonds is 5. The van der Waals surface area contributed by atoms with Gasteiger partial charge in [0, 0.05) is 24.1 Å². The van der Waals surface area contributed by atoms with E-state index in [4.69, 9.17) is 16.1 Å². The van der Waals surface area contributed by atoms with Crippen LogP contribution in [0.3, 0.4) is 0 Å². The molecule has 0 bridgehead atoms. The van der Waals surface area contributed by atoms with Crippen molar-refractivity contribution >= 4 is 21.6 Å². The predicted molar refractivity (Wildman–Crippen MR) is 87.8 cm³/mol. The minimum atomic E-state index is -3.56. The molecule has 1 aromatic carbocycles. The molecule has 0 radical (unpaired) electrons. The van der Waals surface area contributed by atoms with E-state index in [1.165, 1.54) is 4.31 Å². The van der Waals surface area contributed by atoms with Crippen molar-refractivity contribution in [1.29, 1.82) is 0 Å². The SMILES string of the molecule is CCCc1cc(C2CCCN2S(=O)(=O)c2ccc(Cl)cc2)no1. The Bertz CT molecular complexity index is 771. The van der Waals surface area contributed by atoms with E-state index < -0.39 is 10.0 Å². The summed E-state index contributed by atoms with van der Waals surface area (Å²) in [6.45, 7) is 2.56. The standard InChI is InChI=1S/C16H19ClN2O3S/c1-2-4-13-11-15(18-22-13)16-5-3-10-19(16)23(20,21)14-8-6-12(17)7-9-14/h6-9,11,16H,2-5,10H2,1H3. The van der Waals surface area contributed by atoms with Crippen molar-refractivity contribution in [1.82, 2.24) is 9.46 Å². The Morgan fingerprint density at radius 3 is 2.78 bits per heavy atom. The summed E-state index contributed by atoms with van der Waals surface area (Å²) in [5.74, 6) is 0.804. The molecule has 0 saturated carbocycles. The van der Waals surface area contributed by atoms with Crippen LogP contribution in [0.15, 0.2) is 39.8 Å². The second kappa shape index (κ2) is 6.63. The molecule has 23 heavy (non-hydrogen) atoms. The third-order valence-electron chi connectivity index (χ3n) is 4.04. The van der Waals surface area contributed by atoms with Crippen molar-refractivity contribution in [2.24, 2.45) is 0 Å². The van der Waals surface area contributed by atoms with Gasteiger partial charge in [-0.25, -0.2) is 8.42 Å². The zero-order valence-electron chi connectivity index (χ0n) is 12.9. The molecule has 1 saturated heterocycles. The molecule has 1 fully saturated rings. The van der Waals surface area contributed by atoms with Crippen molar-refractivity contribution in [3.63, 3.8) is 0 Å². The fourth-order valence-corrected chi connectivity index (χ4v) is 4.71. The monoisotopic (exact) mass is 354 g/mol. The molecule has 124 valence electrons. The molecule has 1 aliphatic rings. The van der Waals surface area contributed by atoms with E-state index in [-0.39, 0.29) is 10.9 Å². The molecule has 0 spiro atoms. The lowest BCUT2D eigenvalue weighted by molar-refractivity contribution is 0.343. The highest BCUT2D eigenvalue weighted by Gasteiger charge is 2.37. The molecular formula is C16H19ClN2O3S. The molecule has 2 aromatic rings. The van der Waals surface area contributed by atoms with Crippen molar-refractivity contribution in [3.05, 3.63) is 46.8 Å². The zero-order chi connectivity index (χ0) is 16.4. The fraction of sp³-hybridized carbons (Fsp3) is 0.438. The Morgan fingerprint density at radius 1 is 1.35 bits per heavy atom. The van der Waals surface area contributed by atoms with Gasteiger partial charge in [-0.2, -0.15) is 4.31 Å². The third kappa shape index (κ3) is 3.29. The van der Waals surface area contributed by atoms with Crippen molar-refractivity contribution in [2.75, 3.05) is 6.54 Å². The summed E-state index contributed by atoms with van der Waals surface area (Å²) in [7, 11) is -3.56. The summed E-state index contributed by atoms with van der Waals surface area (Å²) in [5.41, 5.74) is 0.698. The van der Waals surface area contributed by atoms with Gasteiger partial charge in [-0.1, -0.05) is 23.7 Å². The quantitative estimate of drug-likeness (QED) is 0.819. The molecule has 1 atom stereocenters. The lowest BCUT2D eigenvalue weighted by atomic mass is 10.1. The molecule has 1 aliphatic heterocycles. The fourth-order valence-electron chi connectivity index (χ4n) is 2.92. The van der Waals surface area contributed by atoms with Gasteiger partial charge in [0.1, 0.15) is 11.5 Å². The maximum absolute atomic E-state index is 12.9.